The Morgan fingerprint density at radius 3 is 2.05 bits per heavy atom. The minimum atomic E-state index is 0.901. The van der Waals surface area contributed by atoms with Gasteiger partial charge in [-0.05, 0) is 44.1 Å². The minimum absolute atomic E-state index is 0.901. The second-order valence-electron chi connectivity index (χ2n) is 4.15. The van der Waals surface area contributed by atoms with Crippen molar-refractivity contribution in [3.8, 4) is 12.8 Å². The third kappa shape index (κ3) is 3.04. The summed E-state index contributed by atoms with van der Waals surface area (Å²) in [6.07, 6.45) is 11.9. The average Bonchev–Trinajstić information content (AvgIpc) is 2.93. The number of nitrogens with zero attached hydrogens (tertiary/aromatic N) is 3. The van der Waals surface area contributed by atoms with E-state index in [1.165, 1.54) is 5.57 Å². The van der Waals surface area contributed by atoms with E-state index in [9.17, 15) is 0 Å². The summed E-state index contributed by atoms with van der Waals surface area (Å²) in [4.78, 5) is 1.68. The van der Waals surface area contributed by atoms with Crippen LogP contribution in [0, 0.1) is 12.8 Å². The number of fused-ring (bicyclic) bond motifs is 1. The van der Waals surface area contributed by atoms with Crippen LogP contribution in [0.5, 0.6) is 0 Å². The Kier molecular flexibility index (Phi) is 5.49. The second-order valence-corrected chi connectivity index (χ2v) is 4.15. The number of aromatic nitrogens is 3. The van der Waals surface area contributed by atoms with Gasteiger partial charge in [0.25, 0.3) is 0 Å². The molecule has 0 spiro atoms. The lowest BCUT2D eigenvalue weighted by Crippen LogP contribution is -2.01. The summed E-state index contributed by atoms with van der Waals surface area (Å²) < 4.78 is 0. The van der Waals surface area contributed by atoms with Gasteiger partial charge in [-0.1, -0.05) is 30.9 Å². The fourth-order valence-electron chi connectivity index (χ4n) is 1.87. The molecule has 1 aromatic carbocycles. The number of hydrogen-bond acceptors (Lipinski definition) is 2. The monoisotopic (exact) mass is 265 g/mol. The van der Waals surface area contributed by atoms with E-state index < -0.39 is 0 Å². The normalized spacial score (nSPS) is 12.3. The summed E-state index contributed by atoms with van der Waals surface area (Å²) in [5.74, 6) is 0. The molecule has 0 N–H and O–H groups in total. The lowest BCUT2D eigenvalue weighted by Gasteiger charge is -2.07. The molecule has 102 valence electrons. The molecule has 20 heavy (non-hydrogen) atoms. The SMILES string of the molecule is C#C.C=CC(/C(C)=C\C)=C(/C)n1nc2ccccc2n1. The van der Waals surface area contributed by atoms with Gasteiger partial charge in [0.1, 0.15) is 11.0 Å². The quantitative estimate of drug-likeness (QED) is 0.619. The number of terminal acetylenes is 1. The Hall–Kier alpha value is -2.60. The Morgan fingerprint density at radius 2 is 1.65 bits per heavy atom. The molecular weight excluding hydrogens is 246 g/mol. The Morgan fingerprint density at radius 1 is 1.15 bits per heavy atom. The van der Waals surface area contributed by atoms with Crippen LogP contribution in [0.15, 0.2) is 54.1 Å². The van der Waals surface area contributed by atoms with E-state index in [-0.39, 0.29) is 0 Å². The van der Waals surface area contributed by atoms with Crippen LogP contribution >= 0.6 is 0 Å². The third-order valence-corrected chi connectivity index (χ3v) is 3.04. The van der Waals surface area contributed by atoms with Gasteiger partial charge in [-0.3, -0.25) is 0 Å². The van der Waals surface area contributed by atoms with Crippen LogP contribution in [0.25, 0.3) is 16.7 Å². The first-order valence-corrected chi connectivity index (χ1v) is 6.29. The molecule has 0 amide bonds. The Bertz CT molecular complexity index is 651. The van der Waals surface area contributed by atoms with Crippen LogP contribution < -0.4 is 0 Å². The van der Waals surface area contributed by atoms with Crippen molar-refractivity contribution >= 4 is 16.7 Å². The first kappa shape index (κ1) is 15.5. The third-order valence-electron chi connectivity index (χ3n) is 3.04. The van der Waals surface area contributed by atoms with Gasteiger partial charge in [-0.25, -0.2) is 0 Å². The zero-order valence-electron chi connectivity index (χ0n) is 12.2. The molecule has 1 aromatic heterocycles. The van der Waals surface area contributed by atoms with Crippen molar-refractivity contribution in [2.45, 2.75) is 20.8 Å². The van der Waals surface area contributed by atoms with Crippen LogP contribution in [0.2, 0.25) is 0 Å². The smallest absolute Gasteiger partial charge is 0.113 e. The highest BCUT2D eigenvalue weighted by molar-refractivity contribution is 5.74. The fourth-order valence-corrected chi connectivity index (χ4v) is 1.87. The highest BCUT2D eigenvalue weighted by Gasteiger charge is 2.07. The predicted octanol–water partition coefficient (Wildman–Crippen LogP) is 4.06. The number of rotatable bonds is 3. The van der Waals surface area contributed by atoms with Gasteiger partial charge in [0.2, 0.25) is 0 Å². The molecule has 0 aliphatic rings. The van der Waals surface area contributed by atoms with Crippen LogP contribution in [-0.4, -0.2) is 15.0 Å². The molecule has 2 rings (SSSR count). The lowest BCUT2D eigenvalue weighted by atomic mass is 10.1. The second kappa shape index (κ2) is 7.10. The largest absolute Gasteiger partial charge is 0.154 e. The number of hydrogen-bond donors (Lipinski definition) is 0. The van der Waals surface area contributed by atoms with Gasteiger partial charge in [0.15, 0.2) is 0 Å². The first-order chi connectivity index (χ1) is 9.67. The lowest BCUT2D eigenvalue weighted by molar-refractivity contribution is 0.776. The highest BCUT2D eigenvalue weighted by atomic mass is 15.5. The molecule has 0 atom stereocenters. The fraction of sp³-hybridized carbons (Fsp3) is 0.176. The summed E-state index contributed by atoms with van der Waals surface area (Å²) in [6, 6.07) is 7.85. The molecule has 3 heteroatoms. The highest BCUT2D eigenvalue weighted by Crippen LogP contribution is 2.19. The molecule has 0 saturated carbocycles. The first-order valence-electron chi connectivity index (χ1n) is 6.29. The molecule has 0 aliphatic heterocycles. The van der Waals surface area contributed by atoms with Crippen LogP contribution in [0.1, 0.15) is 20.8 Å². The maximum atomic E-state index is 4.47. The van der Waals surface area contributed by atoms with E-state index in [2.05, 4.69) is 42.6 Å². The summed E-state index contributed by atoms with van der Waals surface area (Å²) in [6.45, 7) is 9.94. The van der Waals surface area contributed by atoms with Crippen LogP contribution in [0.3, 0.4) is 0 Å². The average molecular weight is 265 g/mol. The van der Waals surface area contributed by atoms with E-state index in [1.54, 1.807) is 4.80 Å². The van der Waals surface area contributed by atoms with Gasteiger partial charge in [-0.2, -0.15) is 4.80 Å². The molecule has 3 nitrogen and oxygen atoms in total. The van der Waals surface area contributed by atoms with Crippen molar-refractivity contribution in [1.82, 2.24) is 15.0 Å². The van der Waals surface area contributed by atoms with E-state index >= 15 is 0 Å². The van der Waals surface area contributed by atoms with E-state index in [0.717, 1.165) is 22.3 Å². The van der Waals surface area contributed by atoms with Crippen molar-refractivity contribution in [2.75, 3.05) is 0 Å². The summed E-state index contributed by atoms with van der Waals surface area (Å²) >= 11 is 0. The van der Waals surface area contributed by atoms with Gasteiger partial charge >= 0.3 is 0 Å². The van der Waals surface area contributed by atoms with E-state index in [4.69, 9.17) is 0 Å². The number of benzene rings is 1. The van der Waals surface area contributed by atoms with Crippen LogP contribution in [-0.2, 0) is 0 Å². The molecule has 0 radical (unpaired) electrons. The maximum absolute atomic E-state index is 4.47. The summed E-state index contributed by atoms with van der Waals surface area (Å²) in [7, 11) is 0. The molecule has 2 aromatic rings. The topological polar surface area (TPSA) is 30.7 Å². The van der Waals surface area contributed by atoms with E-state index in [1.807, 2.05) is 44.2 Å². The standard InChI is InChI=1S/C15H17N3.C2H2/c1-5-11(3)13(6-2)12(4)18-16-14-9-7-8-10-15(14)17-18;1-2/h5-10H,2H2,1,3-4H3;1-2H/b11-5-,13-12+;. The summed E-state index contributed by atoms with van der Waals surface area (Å²) in [5, 5.41) is 8.94. The van der Waals surface area contributed by atoms with Gasteiger partial charge in [0, 0.05) is 0 Å². The zero-order valence-corrected chi connectivity index (χ0v) is 12.2. The maximum Gasteiger partial charge on any atom is 0.113 e. The van der Waals surface area contributed by atoms with Crippen molar-refractivity contribution in [2.24, 2.45) is 0 Å². The molecule has 0 fully saturated rings. The van der Waals surface area contributed by atoms with Gasteiger partial charge < -0.3 is 0 Å². The van der Waals surface area contributed by atoms with Crippen molar-refractivity contribution < 1.29 is 0 Å². The molecular formula is C17H19N3. The van der Waals surface area contributed by atoms with Crippen LogP contribution in [0.4, 0.5) is 0 Å². The number of allylic oxidation sites excluding steroid dienone is 5. The molecule has 0 bridgehead atoms. The molecule has 0 unspecified atom stereocenters. The Labute approximate surface area is 120 Å². The predicted molar refractivity (Wildman–Crippen MR) is 85.9 cm³/mol. The minimum Gasteiger partial charge on any atom is -0.154 e. The molecule has 0 saturated heterocycles. The van der Waals surface area contributed by atoms with Crippen molar-refractivity contribution in [1.29, 1.82) is 0 Å². The summed E-state index contributed by atoms with van der Waals surface area (Å²) in [5.41, 5.74) is 5.02. The van der Waals surface area contributed by atoms with Crippen molar-refractivity contribution in [3.05, 3.63) is 54.1 Å². The Balaban J connectivity index is 0.000000956. The zero-order chi connectivity index (χ0) is 15.1. The van der Waals surface area contributed by atoms with E-state index in [0.29, 0.717) is 0 Å². The molecule has 1 heterocycles. The van der Waals surface area contributed by atoms with Crippen molar-refractivity contribution in [3.63, 3.8) is 0 Å². The molecule has 0 aliphatic carbocycles. The van der Waals surface area contributed by atoms with Gasteiger partial charge in [-0.15, -0.1) is 23.0 Å². The van der Waals surface area contributed by atoms with Gasteiger partial charge in [0.05, 0.1) is 5.70 Å².